The summed E-state index contributed by atoms with van der Waals surface area (Å²) in [5, 5.41) is 2.83. The van der Waals surface area contributed by atoms with Crippen molar-refractivity contribution in [1.82, 2.24) is 15.1 Å². The quantitative estimate of drug-likeness (QED) is 0.651. The number of likely N-dealkylation sites (tertiary alicyclic amines) is 2. The van der Waals surface area contributed by atoms with Crippen LogP contribution in [0.15, 0.2) is 0 Å². The number of hydrogen-bond donors (Lipinski definition) is 1. The van der Waals surface area contributed by atoms with Gasteiger partial charge in [-0.2, -0.15) is 0 Å². The lowest BCUT2D eigenvalue weighted by Crippen LogP contribution is -2.46. The molecule has 2 heterocycles. The Kier molecular flexibility index (Phi) is 3.66. The van der Waals surface area contributed by atoms with Gasteiger partial charge in [0.2, 0.25) is 23.6 Å². The number of imide groups is 2. The molecule has 2 atom stereocenters. The molecule has 0 aliphatic carbocycles. The van der Waals surface area contributed by atoms with E-state index in [9.17, 15) is 19.2 Å². The number of carbonyl (C=O) groups excluding carboxylic acids is 4. The van der Waals surface area contributed by atoms with Crippen LogP contribution in [0.2, 0.25) is 0 Å². The van der Waals surface area contributed by atoms with Crippen LogP contribution in [-0.4, -0.2) is 59.1 Å². The van der Waals surface area contributed by atoms with E-state index >= 15 is 0 Å². The van der Waals surface area contributed by atoms with E-state index in [1.54, 1.807) is 0 Å². The van der Waals surface area contributed by atoms with Crippen molar-refractivity contribution in [3.05, 3.63) is 0 Å². The number of rotatable bonds is 4. The maximum absolute atomic E-state index is 12.0. The van der Waals surface area contributed by atoms with Gasteiger partial charge in [-0.05, 0) is 6.42 Å². The van der Waals surface area contributed by atoms with Gasteiger partial charge in [0.1, 0.15) is 0 Å². The van der Waals surface area contributed by atoms with Crippen molar-refractivity contribution in [2.24, 2.45) is 0 Å². The fraction of sp³-hybridized carbons (Fsp3) is 0.667. The van der Waals surface area contributed by atoms with E-state index in [0.29, 0.717) is 13.0 Å². The van der Waals surface area contributed by atoms with Crippen LogP contribution in [0.1, 0.15) is 26.2 Å². The van der Waals surface area contributed by atoms with Gasteiger partial charge in [0.15, 0.2) is 0 Å². The zero-order valence-electron chi connectivity index (χ0n) is 11.0. The van der Waals surface area contributed by atoms with Gasteiger partial charge in [0.25, 0.3) is 0 Å². The summed E-state index contributed by atoms with van der Waals surface area (Å²) in [5.41, 5.74) is 0. The lowest BCUT2D eigenvalue weighted by molar-refractivity contribution is -0.139. The summed E-state index contributed by atoms with van der Waals surface area (Å²) in [6.07, 6.45) is 0.801. The molecule has 2 aliphatic heterocycles. The summed E-state index contributed by atoms with van der Waals surface area (Å²) >= 11 is 0. The van der Waals surface area contributed by atoms with Crippen molar-refractivity contribution < 1.29 is 19.2 Å². The molecule has 7 heteroatoms. The van der Waals surface area contributed by atoms with E-state index in [4.69, 9.17) is 0 Å². The van der Waals surface area contributed by atoms with Crippen molar-refractivity contribution in [3.8, 4) is 0 Å². The number of nitrogens with one attached hydrogen (secondary N) is 1. The number of likely N-dealkylation sites (N-methyl/N-ethyl adjacent to an activating group) is 1. The van der Waals surface area contributed by atoms with Crippen LogP contribution >= 0.6 is 0 Å². The molecule has 0 aromatic carbocycles. The first-order chi connectivity index (χ1) is 8.95. The Hall–Kier alpha value is -1.76. The number of carbonyl (C=O) groups is 4. The maximum atomic E-state index is 12.0. The highest BCUT2D eigenvalue weighted by Gasteiger charge is 2.43. The van der Waals surface area contributed by atoms with Crippen molar-refractivity contribution in [3.63, 3.8) is 0 Å². The smallest absolute Gasteiger partial charge is 0.246 e. The Labute approximate surface area is 110 Å². The van der Waals surface area contributed by atoms with Crippen LogP contribution in [0.3, 0.4) is 0 Å². The van der Waals surface area contributed by atoms with Gasteiger partial charge in [-0.25, -0.2) is 0 Å². The molecule has 0 saturated carbocycles. The zero-order valence-corrected chi connectivity index (χ0v) is 11.0. The molecule has 19 heavy (non-hydrogen) atoms. The molecule has 0 aromatic rings. The third-order valence-corrected chi connectivity index (χ3v) is 3.48. The standard InChI is InChI=1S/C12H17N3O4/c1-3-4-15-10(17)6-8(12(15)19)13-7-5-9(16)14(2)11(7)18/h7-8,13H,3-6H2,1-2H3. The third-order valence-electron chi connectivity index (χ3n) is 3.48. The van der Waals surface area contributed by atoms with Crippen molar-refractivity contribution in [2.75, 3.05) is 13.6 Å². The zero-order chi connectivity index (χ0) is 14.2. The summed E-state index contributed by atoms with van der Waals surface area (Å²) in [5.74, 6) is -1.15. The normalized spacial score (nSPS) is 27.9. The van der Waals surface area contributed by atoms with E-state index in [0.717, 1.165) is 4.90 Å². The molecule has 0 bridgehead atoms. The Morgan fingerprint density at radius 2 is 1.63 bits per heavy atom. The highest BCUT2D eigenvalue weighted by atomic mass is 16.2. The van der Waals surface area contributed by atoms with Gasteiger partial charge in [0, 0.05) is 13.6 Å². The summed E-state index contributed by atoms with van der Waals surface area (Å²) in [4.78, 5) is 49.0. The minimum Gasteiger partial charge on any atom is -0.294 e. The summed E-state index contributed by atoms with van der Waals surface area (Å²) in [6, 6.07) is -1.38. The second-order valence-corrected chi connectivity index (χ2v) is 4.85. The van der Waals surface area contributed by atoms with E-state index in [1.807, 2.05) is 6.92 Å². The Bertz CT molecular complexity index is 448. The van der Waals surface area contributed by atoms with Crippen molar-refractivity contribution in [2.45, 2.75) is 38.3 Å². The van der Waals surface area contributed by atoms with Crippen LogP contribution in [0.4, 0.5) is 0 Å². The van der Waals surface area contributed by atoms with Gasteiger partial charge in [-0.3, -0.25) is 34.3 Å². The number of hydrogen-bond acceptors (Lipinski definition) is 5. The van der Waals surface area contributed by atoms with E-state index in [1.165, 1.54) is 11.9 Å². The van der Waals surface area contributed by atoms with Gasteiger partial charge < -0.3 is 0 Å². The monoisotopic (exact) mass is 267 g/mol. The van der Waals surface area contributed by atoms with Gasteiger partial charge in [-0.1, -0.05) is 6.92 Å². The second-order valence-electron chi connectivity index (χ2n) is 4.85. The van der Waals surface area contributed by atoms with Crippen LogP contribution in [0.25, 0.3) is 0 Å². The molecular formula is C12H17N3O4. The van der Waals surface area contributed by atoms with Crippen LogP contribution in [0.5, 0.6) is 0 Å². The molecule has 0 spiro atoms. The van der Waals surface area contributed by atoms with Gasteiger partial charge in [0.05, 0.1) is 24.9 Å². The molecule has 2 aliphatic rings. The van der Waals surface area contributed by atoms with Crippen molar-refractivity contribution in [1.29, 1.82) is 0 Å². The number of nitrogens with zero attached hydrogens (tertiary/aromatic N) is 2. The maximum Gasteiger partial charge on any atom is 0.246 e. The molecular weight excluding hydrogens is 250 g/mol. The Balaban J connectivity index is 2.01. The molecule has 2 unspecified atom stereocenters. The summed E-state index contributed by atoms with van der Waals surface area (Å²) < 4.78 is 0. The minimum absolute atomic E-state index is 0.0427. The molecule has 2 rings (SSSR count). The molecule has 2 fully saturated rings. The Morgan fingerprint density at radius 3 is 2.16 bits per heavy atom. The lowest BCUT2D eigenvalue weighted by Gasteiger charge is -2.16. The number of amides is 4. The summed E-state index contributed by atoms with van der Waals surface area (Å²) in [7, 11) is 1.41. The summed E-state index contributed by atoms with van der Waals surface area (Å²) in [6.45, 7) is 2.28. The average Bonchev–Trinajstić information content (AvgIpc) is 2.76. The van der Waals surface area contributed by atoms with Crippen molar-refractivity contribution >= 4 is 23.6 Å². The molecule has 1 N–H and O–H groups in total. The topological polar surface area (TPSA) is 86.8 Å². The SMILES string of the molecule is CCCN1C(=O)CC(NC2CC(=O)N(C)C2=O)C1=O. The highest BCUT2D eigenvalue weighted by molar-refractivity contribution is 6.07. The third kappa shape index (κ3) is 2.37. The fourth-order valence-corrected chi connectivity index (χ4v) is 2.40. The fourth-order valence-electron chi connectivity index (χ4n) is 2.40. The van der Waals surface area contributed by atoms with E-state index in [2.05, 4.69) is 5.32 Å². The molecule has 2 saturated heterocycles. The molecule has 4 amide bonds. The van der Waals surface area contributed by atoms with Crippen LogP contribution < -0.4 is 5.32 Å². The minimum atomic E-state index is -0.694. The molecule has 0 radical (unpaired) electrons. The van der Waals surface area contributed by atoms with E-state index in [-0.39, 0.29) is 36.5 Å². The Morgan fingerprint density at radius 1 is 1.05 bits per heavy atom. The molecule has 0 aromatic heterocycles. The van der Waals surface area contributed by atoms with E-state index < -0.39 is 12.1 Å². The van der Waals surface area contributed by atoms with Crippen LogP contribution in [-0.2, 0) is 19.2 Å². The molecule has 7 nitrogen and oxygen atoms in total. The lowest BCUT2D eigenvalue weighted by atomic mass is 10.2. The largest absolute Gasteiger partial charge is 0.294 e. The first-order valence-corrected chi connectivity index (χ1v) is 6.36. The van der Waals surface area contributed by atoms with Crippen LogP contribution in [0, 0.1) is 0 Å². The average molecular weight is 267 g/mol. The van der Waals surface area contributed by atoms with Gasteiger partial charge >= 0.3 is 0 Å². The first-order valence-electron chi connectivity index (χ1n) is 6.36. The van der Waals surface area contributed by atoms with Gasteiger partial charge in [-0.15, -0.1) is 0 Å². The highest BCUT2D eigenvalue weighted by Crippen LogP contribution is 2.17. The molecule has 104 valence electrons. The predicted octanol–water partition coefficient (Wildman–Crippen LogP) is -1.13. The first kappa shape index (κ1) is 13.7. The predicted molar refractivity (Wildman–Crippen MR) is 64.7 cm³/mol. The second kappa shape index (κ2) is 5.08.